The molecular formula is C23H27BrN2O2. The average Bonchev–Trinajstić information content (AvgIpc) is 3.06. The van der Waals surface area contributed by atoms with Crippen molar-refractivity contribution in [3.63, 3.8) is 0 Å². The van der Waals surface area contributed by atoms with E-state index in [-0.39, 0.29) is 5.91 Å². The molecule has 5 heteroatoms. The van der Waals surface area contributed by atoms with Crippen molar-refractivity contribution in [1.82, 2.24) is 9.88 Å². The Morgan fingerprint density at radius 2 is 1.96 bits per heavy atom. The maximum atomic E-state index is 11.5. The molecule has 0 aliphatic rings. The van der Waals surface area contributed by atoms with E-state index >= 15 is 0 Å². The lowest BCUT2D eigenvalue weighted by atomic mass is 10.1. The molecule has 0 saturated carbocycles. The van der Waals surface area contributed by atoms with Gasteiger partial charge in [0.1, 0.15) is 5.75 Å². The van der Waals surface area contributed by atoms with Gasteiger partial charge in [0.2, 0.25) is 5.91 Å². The summed E-state index contributed by atoms with van der Waals surface area (Å²) < 4.78 is 8.91. The summed E-state index contributed by atoms with van der Waals surface area (Å²) in [4.78, 5) is 11.5. The van der Waals surface area contributed by atoms with Gasteiger partial charge in [0.05, 0.1) is 7.11 Å². The van der Waals surface area contributed by atoms with Crippen LogP contribution < -0.4 is 10.1 Å². The van der Waals surface area contributed by atoms with Crippen LogP contribution in [0, 0.1) is 0 Å². The van der Waals surface area contributed by atoms with E-state index in [4.69, 9.17) is 4.74 Å². The monoisotopic (exact) mass is 442 g/mol. The smallest absolute Gasteiger partial charge is 0.219 e. The summed E-state index contributed by atoms with van der Waals surface area (Å²) in [6.07, 6.45) is 5.64. The maximum Gasteiger partial charge on any atom is 0.219 e. The van der Waals surface area contributed by atoms with Crippen LogP contribution in [0.1, 0.15) is 30.9 Å². The molecule has 3 rings (SSSR count). The lowest BCUT2D eigenvalue weighted by molar-refractivity contribution is -0.120. The van der Waals surface area contributed by atoms with Crippen molar-refractivity contribution in [2.45, 2.75) is 39.2 Å². The van der Waals surface area contributed by atoms with Gasteiger partial charge in [-0.1, -0.05) is 41.1 Å². The van der Waals surface area contributed by atoms with Gasteiger partial charge in [0.15, 0.2) is 0 Å². The maximum absolute atomic E-state index is 11.5. The number of rotatable bonds is 9. The third-order valence-electron chi connectivity index (χ3n) is 5.01. The molecule has 0 bridgehead atoms. The number of carbonyl (C=O) groups excluding carboxylic acids is 1. The van der Waals surface area contributed by atoms with E-state index in [0.29, 0.717) is 13.0 Å². The Balaban J connectivity index is 1.75. The Kier molecular flexibility index (Phi) is 7.15. The predicted octanol–water partition coefficient (Wildman–Crippen LogP) is 5.11. The van der Waals surface area contributed by atoms with Crippen LogP contribution in [0.25, 0.3) is 10.9 Å². The third-order valence-corrected chi connectivity index (χ3v) is 5.78. The highest BCUT2D eigenvalue weighted by atomic mass is 79.9. The van der Waals surface area contributed by atoms with Gasteiger partial charge in [-0.15, -0.1) is 0 Å². The Hall–Kier alpha value is -2.27. The Labute approximate surface area is 175 Å². The quantitative estimate of drug-likeness (QED) is 0.499. The summed E-state index contributed by atoms with van der Waals surface area (Å²) in [6, 6.07) is 14.6. The molecule has 3 aromatic rings. The molecule has 0 atom stereocenters. The lowest BCUT2D eigenvalue weighted by Crippen LogP contribution is -2.24. The van der Waals surface area contributed by atoms with Crippen LogP contribution >= 0.6 is 15.9 Å². The second kappa shape index (κ2) is 9.78. The lowest BCUT2D eigenvalue weighted by Gasteiger charge is -2.07. The summed E-state index contributed by atoms with van der Waals surface area (Å²) in [5, 5.41) is 4.17. The fraction of sp³-hybridized carbons (Fsp3) is 0.348. The summed E-state index contributed by atoms with van der Waals surface area (Å²) in [6.45, 7) is 3.47. The van der Waals surface area contributed by atoms with Crippen molar-refractivity contribution in [3.8, 4) is 5.75 Å². The highest BCUT2D eigenvalue weighted by Gasteiger charge is 2.10. The van der Waals surface area contributed by atoms with E-state index in [2.05, 4.69) is 62.3 Å². The average molecular weight is 443 g/mol. The van der Waals surface area contributed by atoms with Crippen molar-refractivity contribution in [2.75, 3.05) is 13.7 Å². The fourth-order valence-electron chi connectivity index (χ4n) is 3.46. The van der Waals surface area contributed by atoms with E-state index < -0.39 is 0 Å². The Morgan fingerprint density at radius 1 is 1.14 bits per heavy atom. The zero-order valence-electron chi connectivity index (χ0n) is 16.5. The van der Waals surface area contributed by atoms with Crippen LogP contribution in [0.5, 0.6) is 5.75 Å². The molecule has 1 heterocycles. The van der Waals surface area contributed by atoms with Crippen molar-refractivity contribution >= 4 is 32.7 Å². The number of aryl methyl sites for hydroxylation is 2. The zero-order valence-corrected chi connectivity index (χ0v) is 18.1. The minimum atomic E-state index is 0.0924. The van der Waals surface area contributed by atoms with E-state index in [1.807, 2.05) is 19.1 Å². The molecule has 0 spiro atoms. The Bertz CT molecular complexity index is 949. The molecule has 1 N–H and O–H groups in total. The van der Waals surface area contributed by atoms with Gasteiger partial charge in [-0.2, -0.15) is 0 Å². The first-order valence-corrected chi connectivity index (χ1v) is 10.6. The van der Waals surface area contributed by atoms with Crippen molar-refractivity contribution in [1.29, 1.82) is 0 Å². The normalized spacial score (nSPS) is 11.0. The van der Waals surface area contributed by atoms with E-state index in [0.717, 1.165) is 31.6 Å². The number of ether oxygens (including phenoxy) is 1. The van der Waals surface area contributed by atoms with Gasteiger partial charge < -0.3 is 14.6 Å². The van der Waals surface area contributed by atoms with E-state index in [1.165, 1.54) is 26.5 Å². The van der Waals surface area contributed by atoms with Crippen LogP contribution in [-0.2, 0) is 24.2 Å². The molecule has 0 unspecified atom stereocenters. The first-order chi connectivity index (χ1) is 13.6. The Morgan fingerprint density at radius 3 is 2.71 bits per heavy atom. The van der Waals surface area contributed by atoms with Crippen LogP contribution in [0.4, 0.5) is 0 Å². The van der Waals surface area contributed by atoms with Gasteiger partial charge in [-0.05, 0) is 54.7 Å². The minimum Gasteiger partial charge on any atom is -0.497 e. The number of amides is 1. The van der Waals surface area contributed by atoms with Crippen molar-refractivity contribution in [3.05, 3.63) is 64.3 Å². The molecule has 0 saturated heterocycles. The summed E-state index contributed by atoms with van der Waals surface area (Å²) in [5.41, 5.74) is 3.79. The largest absolute Gasteiger partial charge is 0.497 e. The second-order valence-electron chi connectivity index (χ2n) is 6.88. The number of hydrogen-bond donors (Lipinski definition) is 1. The van der Waals surface area contributed by atoms with Crippen LogP contribution in [0.2, 0.25) is 0 Å². The van der Waals surface area contributed by atoms with Crippen LogP contribution in [0.3, 0.4) is 0 Å². The zero-order chi connectivity index (χ0) is 19.9. The molecule has 2 aromatic carbocycles. The number of hydrogen-bond acceptors (Lipinski definition) is 2. The number of nitrogens with zero attached hydrogens (tertiary/aromatic N) is 1. The van der Waals surface area contributed by atoms with Gasteiger partial charge in [0, 0.05) is 41.1 Å². The van der Waals surface area contributed by atoms with Crippen LogP contribution in [0.15, 0.2) is 53.1 Å². The van der Waals surface area contributed by atoms with Gasteiger partial charge in [-0.3, -0.25) is 4.79 Å². The van der Waals surface area contributed by atoms with Gasteiger partial charge >= 0.3 is 0 Å². The van der Waals surface area contributed by atoms with E-state index in [1.54, 1.807) is 7.11 Å². The number of halogens is 1. The molecule has 1 aromatic heterocycles. The van der Waals surface area contributed by atoms with Crippen LogP contribution in [-0.4, -0.2) is 24.1 Å². The highest BCUT2D eigenvalue weighted by Crippen LogP contribution is 2.27. The number of methoxy groups -OCH3 is 1. The molecule has 4 nitrogen and oxygen atoms in total. The topological polar surface area (TPSA) is 43.3 Å². The standard InChI is InChI=1S/C23H27BrN2O2/c1-3-23(27)25-13-12-18-16-26(22-11-10-19(28-2)15-20(18)22)14-6-8-17-7-4-5-9-21(17)24/h4-5,7,9-11,15-16H,3,6,8,12-14H2,1-2H3,(H,25,27). The SMILES string of the molecule is CCC(=O)NCCc1cn(CCCc2ccccc2Br)c2ccc(OC)cc12. The molecule has 0 aliphatic carbocycles. The first-order valence-electron chi connectivity index (χ1n) is 9.78. The number of fused-ring (bicyclic) bond motifs is 1. The number of carbonyl (C=O) groups is 1. The molecule has 1 amide bonds. The van der Waals surface area contributed by atoms with Crippen molar-refractivity contribution in [2.24, 2.45) is 0 Å². The van der Waals surface area contributed by atoms with Gasteiger partial charge in [-0.25, -0.2) is 0 Å². The third kappa shape index (κ3) is 4.96. The molecule has 28 heavy (non-hydrogen) atoms. The molecule has 148 valence electrons. The molecule has 0 aliphatic heterocycles. The first kappa shape index (κ1) is 20.5. The van der Waals surface area contributed by atoms with Gasteiger partial charge in [0.25, 0.3) is 0 Å². The summed E-state index contributed by atoms with van der Waals surface area (Å²) >= 11 is 3.63. The predicted molar refractivity (Wildman–Crippen MR) is 118 cm³/mol. The molecular weight excluding hydrogens is 416 g/mol. The molecule has 0 radical (unpaired) electrons. The fourth-order valence-corrected chi connectivity index (χ4v) is 3.95. The molecule has 0 fully saturated rings. The number of aromatic nitrogens is 1. The van der Waals surface area contributed by atoms with Crippen molar-refractivity contribution < 1.29 is 9.53 Å². The number of nitrogens with one attached hydrogen (secondary N) is 1. The summed E-state index contributed by atoms with van der Waals surface area (Å²) in [5.74, 6) is 0.951. The second-order valence-corrected chi connectivity index (χ2v) is 7.73. The minimum absolute atomic E-state index is 0.0924. The highest BCUT2D eigenvalue weighted by molar-refractivity contribution is 9.10. The van der Waals surface area contributed by atoms with E-state index in [9.17, 15) is 4.79 Å². The number of benzene rings is 2. The summed E-state index contributed by atoms with van der Waals surface area (Å²) in [7, 11) is 1.69.